The second kappa shape index (κ2) is 8.51. The monoisotopic (exact) mass is 278 g/mol. The molecule has 0 radical (unpaired) electrons. The van der Waals surface area contributed by atoms with Crippen molar-refractivity contribution in [3.63, 3.8) is 0 Å². The summed E-state index contributed by atoms with van der Waals surface area (Å²) in [6.45, 7) is 9.88. The molecule has 1 heterocycles. The summed E-state index contributed by atoms with van der Waals surface area (Å²) in [5.74, 6) is 0.595. The third-order valence-corrected chi connectivity index (χ3v) is 3.16. The zero-order valence-electron chi connectivity index (χ0n) is 13.0. The Bertz CT molecular complexity index is 399. The summed E-state index contributed by atoms with van der Waals surface area (Å²) < 4.78 is 0. The summed E-state index contributed by atoms with van der Waals surface area (Å²) in [7, 11) is 0. The van der Waals surface area contributed by atoms with E-state index in [1.165, 1.54) is 0 Å². The third-order valence-electron chi connectivity index (χ3n) is 3.16. The van der Waals surface area contributed by atoms with Gasteiger partial charge in [-0.1, -0.05) is 20.8 Å². The molecule has 0 aliphatic rings. The number of carbonyl (C=O) groups excluding carboxylic acids is 1. The number of hydrogen-bond donors (Lipinski definition) is 1. The van der Waals surface area contributed by atoms with Gasteiger partial charge in [0.05, 0.1) is 5.56 Å². The summed E-state index contributed by atoms with van der Waals surface area (Å²) in [5, 5.41) is 3.19. The van der Waals surface area contributed by atoms with Gasteiger partial charge < -0.3 is 10.2 Å². The van der Waals surface area contributed by atoms with Crippen molar-refractivity contribution in [2.75, 3.05) is 18.4 Å². The van der Waals surface area contributed by atoms with Crippen molar-refractivity contribution in [3.05, 3.63) is 18.0 Å². The molecule has 5 heteroatoms. The molecule has 0 saturated heterocycles. The summed E-state index contributed by atoms with van der Waals surface area (Å²) in [4.78, 5) is 22.6. The molecule has 1 aromatic rings. The number of aromatic nitrogens is 2. The highest BCUT2D eigenvalue weighted by Gasteiger charge is 2.15. The molecule has 0 spiro atoms. The Kier molecular flexibility index (Phi) is 6.98. The second-order valence-electron chi connectivity index (χ2n) is 5.04. The molecule has 0 bridgehead atoms. The van der Waals surface area contributed by atoms with Crippen LogP contribution in [0.5, 0.6) is 0 Å². The van der Waals surface area contributed by atoms with E-state index in [-0.39, 0.29) is 5.91 Å². The van der Waals surface area contributed by atoms with E-state index in [0.717, 1.165) is 32.4 Å². The number of hydrogen-bond acceptors (Lipinski definition) is 4. The average molecular weight is 278 g/mol. The van der Waals surface area contributed by atoms with Crippen LogP contribution in [-0.4, -0.2) is 39.9 Å². The van der Waals surface area contributed by atoms with E-state index in [0.29, 0.717) is 17.6 Å². The number of rotatable bonds is 8. The fourth-order valence-electron chi connectivity index (χ4n) is 1.87. The van der Waals surface area contributed by atoms with Gasteiger partial charge in [-0.15, -0.1) is 0 Å². The van der Waals surface area contributed by atoms with Crippen LogP contribution in [0.2, 0.25) is 0 Å². The maximum absolute atomic E-state index is 12.3. The molecule has 1 unspecified atom stereocenters. The van der Waals surface area contributed by atoms with Crippen molar-refractivity contribution >= 4 is 11.9 Å². The summed E-state index contributed by atoms with van der Waals surface area (Å²) in [6.07, 6.45) is 6.14. The molecular weight excluding hydrogens is 252 g/mol. The van der Waals surface area contributed by atoms with Crippen LogP contribution in [0.4, 0.5) is 5.95 Å². The maximum Gasteiger partial charge on any atom is 0.256 e. The number of nitrogens with one attached hydrogen (secondary N) is 1. The molecule has 0 saturated carbocycles. The van der Waals surface area contributed by atoms with Crippen LogP contribution < -0.4 is 5.32 Å². The predicted octanol–water partition coefficient (Wildman–Crippen LogP) is 2.95. The minimum Gasteiger partial charge on any atom is -0.352 e. The summed E-state index contributed by atoms with van der Waals surface area (Å²) >= 11 is 0. The molecule has 0 fully saturated rings. The van der Waals surface area contributed by atoms with Crippen LogP contribution in [0.15, 0.2) is 12.4 Å². The summed E-state index contributed by atoms with van der Waals surface area (Å²) in [5.41, 5.74) is 0.557. The van der Waals surface area contributed by atoms with Crippen LogP contribution in [0.3, 0.4) is 0 Å². The van der Waals surface area contributed by atoms with E-state index >= 15 is 0 Å². The maximum atomic E-state index is 12.3. The van der Waals surface area contributed by atoms with Gasteiger partial charge in [0.2, 0.25) is 5.95 Å². The minimum absolute atomic E-state index is 0.0174. The first-order valence-electron chi connectivity index (χ1n) is 7.50. The topological polar surface area (TPSA) is 58.1 Å². The van der Waals surface area contributed by atoms with E-state index in [4.69, 9.17) is 0 Å². The highest BCUT2D eigenvalue weighted by Crippen LogP contribution is 2.07. The number of amides is 1. The molecule has 1 amide bonds. The zero-order chi connectivity index (χ0) is 15.0. The molecule has 112 valence electrons. The normalized spacial score (nSPS) is 12.0. The fraction of sp³-hybridized carbons (Fsp3) is 0.667. The van der Waals surface area contributed by atoms with Crippen molar-refractivity contribution < 1.29 is 4.79 Å². The molecule has 20 heavy (non-hydrogen) atoms. The van der Waals surface area contributed by atoms with E-state index < -0.39 is 0 Å². The van der Waals surface area contributed by atoms with Crippen molar-refractivity contribution in [1.29, 1.82) is 0 Å². The molecular formula is C15H26N4O. The van der Waals surface area contributed by atoms with Crippen LogP contribution in [0.1, 0.15) is 57.3 Å². The Morgan fingerprint density at radius 2 is 1.75 bits per heavy atom. The summed E-state index contributed by atoms with van der Waals surface area (Å²) in [6, 6.07) is 0.327. The second-order valence-corrected chi connectivity index (χ2v) is 5.04. The number of carbonyl (C=O) groups is 1. The first-order chi connectivity index (χ1) is 9.62. The lowest BCUT2D eigenvalue weighted by Gasteiger charge is -2.21. The van der Waals surface area contributed by atoms with E-state index in [1.54, 1.807) is 12.4 Å². The van der Waals surface area contributed by atoms with Gasteiger partial charge in [0.1, 0.15) is 0 Å². The average Bonchev–Trinajstić information content (AvgIpc) is 2.47. The lowest BCUT2D eigenvalue weighted by molar-refractivity contribution is 0.0755. The van der Waals surface area contributed by atoms with Crippen molar-refractivity contribution in [1.82, 2.24) is 14.9 Å². The van der Waals surface area contributed by atoms with E-state index in [1.807, 2.05) is 4.90 Å². The van der Waals surface area contributed by atoms with Crippen molar-refractivity contribution in [2.45, 2.75) is 53.0 Å². The lowest BCUT2D eigenvalue weighted by Crippen LogP contribution is -2.32. The number of nitrogens with zero attached hydrogens (tertiary/aromatic N) is 3. The molecule has 0 aliphatic carbocycles. The Morgan fingerprint density at radius 3 is 2.20 bits per heavy atom. The smallest absolute Gasteiger partial charge is 0.256 e. The third kappa shape index (κ3) is 4.79. The molecule has 1 atom stereocenters. The molecule has 0 aromatic carbocycles. The Morgan fingerprint density at radius 1 is 1.20 bits per heavy atom. The molecule has 5 nitrogen and oxygen atoms in total. The minimum atomic E-state index is 0.0174. The van der Waals surface area contributed by atoms with Gasteiger partial charge in [0.15, 0.2) is 0 Å². The Hall–Kier alpha value is -1.65. The van der Waals surface area contributed by atoms with Gasteiger partial charge in [0, 0.05) is 31.5 Å². The molecule has 0 aliphatic heterocycles. The Labute approximate surface area is 121 Å². The van der Waals surface area contributed by atoms with Crippen LogP contribution in [-0.2, 0) is 0 Å². The van der Waals surface area contributed by atoms with Crippen LogP contribution in [0, 0.1) is 0 Å². The number of anilines is 1. The van der Waals surface area contributed by atoms with Gasteiger partial charge in [-0.2, -0.15) is 0 Å². The zero-order valence-corrected chi connectivity index (χ0v) is 13.0. The largest absolute Gasteiger partial charge is 0.352 e. The van der Waals surface area contributed by atoms with Crippen molar-refractivity contribution in [3.8, 4) is 0 Å². The highest BCUT2D eigenvalue weighted by atomic mass is 16.2. The quantitative estimate of drug-likeness (QED) is 0.794. The molecule has 1 N–H and O–H groups in total. The van der Waals surface area contributed by atoms with E-state index in [2.05, 4.69) is 43.0 Å². The lowest BCUT2D eigenvalue weighted by atomic mass is 10.2. The standard InChI is InChI=1S/C15H26N4O/c1-5-8-19(9-6-2)14(20)13-10-16-15(17-11-13)18-12(4)7-3/h10-12H,5-9H2,1-4H3,(H,16,17,18). The van der Waals surface area contributed by atoms with Crippen molar-refractivity contribution in [2.24, 2.45) is 0 Å². The first kappa shape index (κ1) is 16.4. The fourth-order valence-corrected chi connectivity index (χ4v) is 1.87. The van der Waals surface area contributed by atoms with Crippen LogP contribution >= 0.6 is 0 Å². The highest BCUT2D eigenvalue weighted by molar-refractivity contribution is 5.93. The van der Waals surface area contributed by atoms with Gasteiger partial charge >= 0.3 is 0 Å². The van der Waals surface area contributed by atoms with Gasteiger partial charge in [0.25, 0.3) is 5.91 Å². The van der Waals surface area contributed by atoms with E-state index in [9.17, 15) is 4.79 Å². The van der Waals surface area contributed by atoms with Gasteiger partial charge in [-0.25, -0.2) is 9.97 Å². The SMILES string of the molecule is CCCN(CCC)C(=O)c1cnc(NC(C)CC)nc1. The first-order valence-corrected chi connectivity index (χ1v) is 7.50. The van der Waals surface area contributed by atoms with Gasteiger partial charge in [-0.3, -0.25) is 4.79 Å². The van der Waals surface area contributed by atoms with Crippen LogP contribution in [0.25, 0.3) is 0 Å². The predicted molar refractivity (Wildman–Crippen MR) is 81.9 cm³/mol. The molecule has 1 aromatic heterocycles. The van der Waals surface area contributed by atoms with Gasteiger partial charge in [-0.05, 0) is 26.2 Å². The molecule has 1 rings (SSSR count). The Balaban J connectivity index is 2.73.